The zero-order valence-corrected chi connectivity index (χ0v) is 12.1. The highest BCUT2D eigenvalue weighted by Gasteiger charge is 2.03. The Kier molecular flexibility index (Phi) is 11.0. The maximum absolute atomic E-state index is 11.3. The van der Waals surface area contributed by atoms with Gasteiger partial charge in [-0.2, -0.15) is 0 Å². The molecule has 6 heteroatoms. The van der Waals surface area contributed by atoms with Crippen LogP contribution in [-0.4, -0.2) is 25.0 Å². The number of nitrogens with two attached hydrogens (primary N) is 1. The lowest BCUT2D eigenvalue weighted by atomic mass is 9.99. The van der Waals surface area contributed by atoms with E-state index in [0.29, 0.717) is 6.54 Å². The Labute approximate surface area is 115 Å². The first-order valence-corrected chi connectivity index (χ1v) is 7.12. The summed E-state index contributed by atoms with van der Waals surface area (Å²) in [6.07, 6.45) is 5.96. The van der Waals surface area contributed by atoms with Crippen LogP contribution >= 0.6 is 0 Å². The molecule has 0 saturated heterocycles. The first kappa shape index (κ1) is 17.7. The fourth-order valence-corrected chi connectivity index (χ4v) is 1.82. The molecule has 0 aromatic rings. The molecular weight excluding hydrogens is 244 g/mol. The third-order valence-corrected chi connectivity index (χ3v) is 2.88. The summed E-state index contributed by atoms with van der Waals surface area (Å²) in [5.74, 6) is 0.473. The molecule has 0 fully saturated rings. The molecule has 0 heterocycles. The van der Waals surface area contributed by atoms with E-state index < -0.39 is 0 Å². The first-order valence-electron chi connectivity index (χ1n) is 7.12. The average molecular weight is 272 g/mol. The van der Waals surface area contributed by atoms with Crippen molar-refractivity contribution >= 4 is 11.9 Å². The number of urea groups is 1. The van der Waals surface area contributed by atoms with Crippen molar-refractivity contribution in [1.29, 1.82) is 0 Å². The van der Waals surface area contributed by atoms with Crippen LogP contribution in [-0.2, 0) is 4.79 Å². The number of nitrogens with one attached hydrogen (secondary N) is 3. The SMILES string of the molecule is CCCC(C)CCCCNC(=O)NNC(=O)CCN. The molecule has 0 aliphatic rings. The fraction of sp³-hybridized carbons (Fsp3) is 0.846. The van der Waals surface area contributed by atoms with Gasteiger partial charge < -0.3 is 11.1 Å². The van der Waals surface area contributed by atoms with Gasteiger partial charge in [0.25, 0.3) is 0 Å². The summed E-state index contributed by atoms with van der Waals surface area (Å²) in [4.78, 5) is 22.3. The summed E-state index contributed by atoms with van der Waals surface area (Å²) in [5, 5.41) is 2.69. The van der Waals surface area contributed by atoms with Crippen molar-refractivity contribution in [1.82, 2.24) is 16.2 Å². The number of rotatable bonds is 9. The molecule has 3 amide bonds. The van der Waals surface area contributed by atoms with Gasteiger partial charge in [0.15, 0.2) is 0 Å². The van der Waals surface area contributed by atoms with Gasteiger partial charge in [0.1, 0.15) is 0 Å². The van der Waals surface area contributed by atoms with E-state index in [2.05, 4.69) is 30.0 Å². The zero-order valence-electron chi connectivity index (χ0n) is 12.1. The van der Waals surface area contributed by atoms with Crippen molar-refractivity contribution in [2.75, 3.05) is 13.1 Å². The molecule has 0 aromatic carbocycles. The van der Waals surface area contributed by atoms with Gasteiger partial charge in [0.05, 0.1) is 0 Å². The van der Waals surface area contributed by atoms with Crippen LogP contribution in [0.2, 0.25) is 0 Å². The van der Waals surface area contributed by atoms with Crippen molar-refractivity contribution in [2.45, 2.75) is 52.4 Å². The van der Waals surface area contributed by atoms with Crippen molar-refractivity contribution in [3.05, 3.63) is 0 Å². The lowest BCUT2D eigenvalue weighted by molar-refractivity contribution is -0.121. The van der Waals surface area contributed by atoms with Gasteiger partial charge in [-0.25, -0.2) is 10.2 Å². The van der Waals surface area contributed by atoms with Gasteiger partial charge in [0.2, 0.25) is 5.91 Å². The summed E-state index contributed by atoms with van der Waals surface area (Å²) < 4.78 is 0. The number of carbonyl (C=O) groups is 2. The highest BCUT2D eigenvalue weighted by molar-refractivity contribution is 5.81. The van der Waals surface area contributed by atoms with E-state index >= 15 is 0 Å². The zero-order chi connectivity index (χ0) is 14.5. The quantitative estimate of drug-likeness (QED) is 0.376. The van der Waals surface area contributed by atoms with Gasteiger partial charge in [-0.15, -0.1) is 0 Å². The van der Waals surface area contributed by atoms with Gasteiger partial charge in [-0.05, 0) is 12.3 Å². The minimum Gasteiger partial charge on any atom is -0.337 e. The maximum atomic E-state index is 11.3. The average Bonchev–Trinajstić information content (AvgIpc) is 2.36. The number of carbonyl (C=O) groups excluding carboxylic acids is 2. The lowest BCUT2D eigenvalue weighted by Gasteiger charge is -2.10. The molecule has 0 radical (unpaired) electrons. The first-order chi connectivity index (χ1) is 9.10. The smallest absolute Gasteiger partial charge is 0.333 e. The predicted molar refractivity (Wildman–Crippen MR) is 76.3 cm³/mol. The molecule has 19 heavy (non-hydrogen) atoms. The molecule has 1 atom stereocenters. The molecule has 0 spiro atoms. The minimum absolute atomic E-state index is 0.204. The summed E-state index contributed by atoms with van der Waals surface area (Å²) in [7, 11) is 0. The van der Waals surface area contributed by atoms with Gasteiger partial charge in [-0.3, -0.25) is 10.2 Å². The summed E-state index contributed by atoms with van der Waals surface area (Å²) in [6, 6.07) is -0.382. The highest BCUT2D eigenvalue weighted by Crippen LogP contribution is 2.12. The van der Waals surface area contributed by atoms with Gasteiger partial charge in [-0.1, -0.05) is 39.5 Å². The Balaban J connectivity index is 3.41. The van der Waals surface area contributed by atoms with Crippen molar-refractivity contribution in [3.63, 3.8) is 0 Å². The van der Waals surface area contributed by atoms with Crippen LogP contribution in [0, 0.1) is 5.92 Å². The van der Waals surface area contributed by atoms with Crippen LogP contribution in [0.25, 0.3) is 0 Å². The van der Waals surface area contributed by atoms with Crippen LogP contribution in [0.5, 0.6) is 0 Å². The third-order valence-electron chi connectivity index (χ3n) is 2.88. The van der Waals surface area contributed by atoms with Gasteiger partial charge >= 0.3 is 6.03 Å². The molecule has 0 bridgehead atoms. The molecule has 1 unspecified atom stereocenters. The normalized spacial score (nSPS) is 11.7. The molecule has 5 N–H and O–H groups in total. The number of hydrogen-bond acceptors (Lipinski definition) is 3. The van der Waals surface area contributed by atoms with Crippen LogP contribution in [0.15, 0.2) is 0 Å². The Morgan fingerprint density at radius 1 is 1.16 bits per heavy atom. The van der Waals surface area contributed by atoms with Crippen LogP contribution < -0.4 is 21.9 Å². The highest BCUT2D eigenvalue weighted by atomic mass is 16.2. The molecular formula is C13H28N4O2. The van der Waals surface area contributed by atoms with Gasteiger partial charge in [0, 0.05) is 19.5 Å². The number of hydrazine groups is 1. The molecule has 0 aromatic heterocycles. The summed E-state index contributed by atoms with van der Waals surface area (Å²) in [6.45, 7) is 5.35. The van der Waals surface area contributed by atoms with E-state index in [4.69, 9.17) is 5.73 Å². The van der Waals surface area contributed by atoms with Crippen LogP contribution in [0.3, 0.4) is 0 Å². The predicted octanol–water partition coefficient (Wildman–Crippen LogP) is 1.27. The van der Waals surface area contributed by atoms with Crippen molar-refractivity contribution < 1.29 is 9.59 Å². The maximum Gasteiger partial charge on any atom is 0.333 e. The molecule has 112 valence electrons. The van der Waals surface area contributed by atoms with Crippen LogP contribution in [0.1, 0.15) is 52.4 Å². The van der Waals surface area contributed by atoms with E-state index in [1.807, 2.05) is 0 Å². The number of amides is 3. The minimum atomic E-state index is -0.382. The third kappa shape index (κ3) is 11.5. The van der Waals surface area contributed by atoms with E-state index in [9.17, 15) is 9.59 Å². The monoisotopic (exact) mass is 272 g/mol. The molecule has 0 rings (SSSR count). The Morgan fingerprint density at radius 2 is 1.89 bits per heavy atom. The number of unbranched alkanes of at least 4 members (excludes halogenated alkanes) is 1. The Bertz CT molecular complexity index is 259. The van der Waals surface area contributed by atoms with Crippen molar-refractivity contribution in [3.8, 4) is 0 Å². The molecule has 0 saturated carbocycles. The summed E-state index contributed by atoms with van der Waals surface area (Å²) >= 11 is 0. The summed E-state index contributed by atoms with van der Waals surface area (Å²) in [5.41, 5.74) is 9.77. The largest absolute Gasteiger partial charge is 0.337 e. The molecule has 6 nitrogen and oxygen atoms in total. The van der Waals surface area contributed by atoms with E-state index in [0.717, 1.165) is 18.8 Å². The van der Waals surface area contributed by atoms with E-state index in [1.165, 1.54) is 19.3 Å². The molecule has 0 aliphatic heterocycles. The topological polar surface area (TPSA) is 96.2 Å². The second-order valence-corrected chi connectivity index (χ2v) is 4.86. The fourth-order valence-electron chi connectivity index (χ4n) is 1.82. The lowest BCUT2D eigenvalue weighted by Crippen LogP contribution is -2.47. The van der Waals surface area contributed by atoms with Crippen molar-refractivity contribution in [2.24, 2.45) is 11.7 Å². The van der Waals surface area contributed by atoms with E-state index in [-0.39, 0.29) is 24.9 Å². The van der Waals surface area contributed by atoms with E-state index in [1.54, 1.807) is 0 Å². The Hall–Kier alpha value is -1.30. The number of hydrogen-bond donors (Lipinski definition) is 4. The molecule has 0 aliphatic carbocycles. The second-order valence-electron chi connectivity index (χ2n) is 4.86. The second kappa shape index (κ2) is 11.8. The standard InChI is InChI=1S/C13H28N4O2/c1-3-6-11(2)7-4-5-10-15-13(19)17-16-12(18)8-9-14/h11H,3-10,14H2,1-2H3,(H,16,18)(H2,15,17,19). The Morgan fingerprint density at radius 3 is 2.53 bits per heavy atom. The van der Waals surface area contributed by atoms with Crippen LogP contribution in [0.4, 0.5) is 4.79 Å².